The largest absolute Gasteiger partial charge is 0.468 e. The summed E-state index contributed by atoms with van der Waals surface area (Å²) in [4.78, 5) is 16.1. The molecule has 0 aromatic rings. The van der Waals surface area contributed by atoms with Gasteiger partial charge in [0.05, 0.1) is 7.11 Å². The van der Waals surface area contributed by atoms with Gasteiger partial charge in [-0.15, -0.1) is 0 Å². The maximum absolute atomic E-state index is 11.7. The van der Waals surface area contributed by atoms with Crippen molar-refractivity contribution in [1.29, 1.82) is 0 Å². The van der Waals surface area contributed by atoms with Crippen molar-refractivity contribution in [3.8, 4) is 0 Å². The van der Waals surface area contributed by atoms with Gasteiger partial charge >= 0.3 is 5.97 Å². The van der Waals surface area contributed by atoms with E-state index in [1.54, 1.807) is 0 Å². The molecule has 0 bridgehead atoms. The summed E-state index contributed by atoms with van der Waals surface area (Å²) in [6, 6.07) is 0.167. The van der Waals surface area contributed by atoms with Crippen molar-refractivity contribution in [1.82, 2.24) is 15.1 Å². The van der Waals surface area contributed by atoms with Gasteiger partial charge in [-0.05, 0) is 34.1 Å². The zero-order chi connectivity index (χ0) is 14.1. The number of ether oxygens (including phenoxy) is 1. The molecule has 5 heteroatoms. The molecule has 2 unspecified atom stereocenters. The number of carbonyl (C=O) groups excluding carboxylic acids is 1. The first kappa shape index (κ1) is 17.4. The molecule has 108 valence electrons. The lowest BCUT2D eigenvalue weighted by Gasteiger charge is -2.32. The van der Waals surface area contributed by atoms with Crippen LogP contribution in [0.2, 0.25) is 0 Å². The van der Waals surface area contributed by atoms with E-state index in [0.29, 0.717) is 12.6 Å². The number of nitrogens with zero attached hydrogens (tertiary/aromatic N) is 2. The summed E-state index contributed by atoms with van der Waals surface area (Å²) >= 11 is 0. The van der Waals surface area contributed by atoms with Crippen molar-refractivity contribution >= 4 is 5.97 Å². The number of hydrogen-bond donors (Lipinski definition) is 1. The summed E-state index contributed by atoms with van der Waals surface area (Å²) < 4.78 is 4.83. The third kappa shape index (κ3) is 6.33. The van der Waals surface area contributed by atoms with E-state index >= 15 is 0 Å². The van der Waals surface area contributed by atoms with E-state index in [4.69, 9.17) is 4.74 Å². The van der Waals surface area contributed by atoms with Crippen LogP contribution >= 0.6 is 0 Å². The lowest BCUT2D eigenvalue weighted by atomic mass is 10.2. The fourth-order valence-corrected chi connectivity index (χ4v) is 2.11. The smallest absolute Gasteiger partial charge is 0.324 e. The molecule has 0 fully saturated rings. The van der Waals surface area contributed by atoms with Crippen molar-refractivity contribution < 1.29 is 9.53 Å². The molecule has 5 nitrogen and oxygen atoms in total. The Morgan fingerprint density at radius 2 is 1.89 bits per heavy atom. The molecule has 0 aliphatic rings. The summed E-state index contributed by atoms with van der Waals surface area (Å²) in [6.45, 7) is 9.65. The molecular weight excluding hydrogens is 230 g/mol. The van der Waals surface area contributed by atoms with Gasteiger partial charge in [0.2, 0.25) is 0 Å². The average Bonchev–Trinajstić information content (AvgIpc) is 2.32. The summed E-state index contributed by atoms with van der Waals surface area (Å²) in [5.74, 6) is -0.188. The molecule has 0 rings (SSSR count). The summed E-state index contributed by atoms with van der Waals surface area (Å²) in [6.07, 6.45) is 0. The molecule has 0 aromatic carbocycles. The number of rotatable bonds is 9. The zero-order valence-corrected chi connectivity index (χ0v) is 12.7. The molecular formula is C13H29N3O2. The highest BCUT2D eigenvalue weighted by Gasteiger charge is 2.23. The molecule has 1 N–H and O–H groups in total. The Kier molecular flexibility index (Phi) is 8.97. The van der Waals surface area contributed by atoms with Gasteiger partial charge in [0.25, 0.3) is 0 Å². The number of likely N-dealkylation sites (N-methyl/N-ethyl adjacent to an activating group) is 3. The summed E-state index contributed by atoms with van der Waals surface area (Å²) in [5, 5.41) is 3.18. The molecule has 0 radical (unpaired) electrons. The average molecular weight is 259 g/mol. The summed E-state index contributed by atoms with van der Waals surface area (Å²) in [7, 11) is 5.56. The maximum atomic E-state index is 11.7. The quantitative estimate of drug-likeness (QED) is 0.608. The molecule has 0 aromatic heterocycles. The Labute approximate surface area is 111 Å². The normalized spacial score (nSPS) is 14.9. The molecule has 0 saturated carbocycles. The molecule has 18 heavy (non-hydrogen) atoms. The van der Waals surface area contributed by atoms with Crippen LogP contribution in [0.5, 0.6) is 0 Å². The third-order valence-electron chi connectivity index (χ3n) is 3.01. The predicted molar refractivity (Wildman–Crippen MR) is 74.7 cm³/mol. The van der Waals surface area contributed by atoms with Crippen LogP contribution in [-0.2, 0) is 9.53 Å². The Bertz CT molecular complexity index is 234. The number of carbonyl (C=O) groups is 1. The first-order valence-corrected chi connectivity index (χ1v) is 6.66. The number of nitrogens with one attached hydrogen (secondary N) is 1. The highest BCUT2D eigenvalue weighted by Crippen LogP contribution is 2.03. The SMILES string of the molecule is CCNC(CN(CC)C(C)CN(C)C)C(=O)OC. The van der Waals surface area contributed by atoms with Crippen molar-refractivity contribution in [2.45, 2.75) is 32.9 Å². The van der Waals surface area contributed by atoms with Crippen molar-refractivity contribution in [2.24, 2.45) is 0 Å². The van der Waals surface area contributed by atoms with Gasteiger partial charge in [0, 0.05) is 19.1 Å². The Morgan fingerprint density at radius 3 is 2.28 bits per heavy atom. The van der Waals surface area contributed by atoms with E-state index < -0.39 is 0 Å². The molecule has 0 saturated heterocycles. The van der Waals surface area contributed by atoms with Crippen molar-refractivity contribution in [3.63, 3.8) is 0 Å². The van der Waals surface area contributed by atoms with Crippen LogP contribution in [0.15, 0.2) is 0 Å². The fourth-order valence-electron chi connectivity index (χ4n) is 2.11. The molecule has 0 heterocycles. The van der Waals surface area contributed by atoms with Gasteiger partial charge in [-0.25, -0.2) is 0 Å². The van der Waals surface area contributed by atoms with Gasteiger partial charge in [0.15, 0.2) is 0 Å². The fraction of sp³-hybridized carbons (Fsp3) is 0.923. The number of hydrogen-bond acceptors (Lipinski definition) is 5. The van der Waals surface area contributed by atoms with Crippen LogP contribution in [0.3, 0.4) is 0 Å². The lowest BCUT2D eigenvalue weighted by molar-refractivity contribution is -0.143. The minimum Gasteiger partial charge on any atom is -0.468 e. The van der Waals surface area contributed by atoms with Gasteiger partial charge in [-0.3, -0.25) is 9.69 Å². The standard InChI is InChI=1S/C13H29N3O2/c1-7-14-12(13(17)18-6)10-16(8-2)11(3)9-15(4)5/h11-12,14H,7-10H2,1-6H3. The first-order chi connectivity index (χ1) is 8.46. The minimum absolute atomic E-state index is 0.188. The van der Waals surface area contributed by atoms with Crippen LogP contribution in [0, 0.1) is 0 Å². The van der Waals surface area contributed by atoms with Crippen molar-refractivity contribution in [2.75, 3.05) is 47.4 Å². The zero-order valence-electron chi connectivity index (χ0n) is 12.7. The highest BCUT2D eigenvalue weighted by atomic mass is 16.5. The Hall–Kier alpha value is -0.650. The topological polar surface area (TPSA) is 44.8 Å². The van der Waals surface area contributed by atoms with E-state index in [2.05, 4.69) is 43.1 Å². The highest BCUT2D eigenvalue weighted by molar-refractivity contribution is 5.75. The predicted octanol–water partition coefficient (Wildman–Crippen LogP) is 0.410. The molecule has 2 atom stereocenters. The second-order valence-electron chi connectivity index (χ2n) is 4.83. The van der Waals surface area contributed by atoms with Crippen LogP contribution in [0.4, 0.5) is 0 Å². The van der Waals surface area contributed by atoms with Crippen LogP contribution in [-0.4, -0.2) is 75.2 Å². The number of methoxy groups -OCH3 is 1. The Morgan fingerprint density at radius 1 is 1.28 bits per heavy atom. The maximum Gasteiger partial charge on any atom is 0.324 e. The minimum atomic E-state index is -0.246. The molecule has 0 aliphatic heterocycles. The van der Waals surface area contributed by atoms with E-state index in [-0.39, 0.29) is 12.0 Å². The molecule has 0 spiro atoms. The third-order valence-corrected chi connectivity index (χ3v) is 3.01. The second-order valence-corrected chi connectivity index (χ2v) is 4.83. The van der Waals surface area contributed by atoms with Gasteiger partial charge in [0.1, 0.15) is 6.04 Å². The Balaban J connectivity index is 4.49. The molecule has 0 aliphatic carbocycles. The first-order valence-electron chi connectivity index (χ1n) is 6.66. The summed E-state index contributed by atoms with van der Waals surface area (Å²) in [5.41, 5.74) is 0. The van der Waals surface area contributed by atoms with E-state index in [9.17, 15) is 4.79 Å². The van der Waals surface area contributed by atoms with Crippen molar-refractivity contribution in [3.05, 3.63) is 0 Å². The monoisotopic (exact) mass is 259 g/mol. The van der Waals surface area contributed by atoms with E-state index in [0.717, 1.165) is 19.6 Å². The van der Waals surface area contributed by atoms with Crippen LogP contribution in [0.1, 0.15) is 20.8 Å². The van der Waals surface area contributed by atoms with E-state index in [1.165, 1.54) is 7.11 Å². The van der Waals surface area contributed by atoms with Crippen LogP contribution in [0.25, 0.3) is 0 Å². The van der Waals surface area contributed by atoms with Gasteiger partial charge in [-0.2, -0.15) is 0 Å². The van der Waals surface area contributed by atoms with Gasteiger partial charge in [-0.1, -0.05) is 13.8 Å². The van der Waals surface area contributed by atoms with E-state index in [1.807, 2.05) is 6.92 Å². The lowest BCUT2D eigenvalue weighted by Crippen LogP contribution is -2.50. The number of esters is 1. The molecule has 0 amide bonds. The second kappa shape index (κ2) is 9.30. The van der Waals surface area contributed by atoms with Gasteiger partial charge < -0.3 is 15.0 Å². The van der Waals surface area contributed by atoms with Crippen LogP contribution < -0.4 is 5.32 Å².